The third-order valence-corrected chi connectivity index (χ3v) is 8.31. The number of nitrogens with one attached hydrogen (secondary N) is 1. The summed E-state index contributed by atoms with van der Waals surface area (Å²) in [5.41, 5.74) is 4.27. The van der Waals surface area contributed by atoms with Crippen LogP contribution >= 0.6 is 0 Å². The molecule has 1 saturated carbocycles. The third kappa shape index (κ3) is 6.53. The van der Waals surface area contributed by atoms with Gasteiger partial charge in [-0.2, -0.15) is 10.1 Å². The molecule has 1 saturated heterocycles. The molecule has 38 heavy (non-hydrogen) atoms. The number of fused-ring (bicyclic) bond motifs is 1. The number of hydrogen-bond donors (Lipinski definition) is 2. The van der Waals surface area contributed by atoms with Gasteiger partial charge in [0, 0.05) is 50.5 Å². The third-order valence-electron chi connectivity index (χ3n) is 8.31. The van der Waals surface area contributed by atoms with E-state index in [2.05, 4.69) is 65.0 Å². The zero-order valence-electron chi connectivity index (χ0n) is 23.4. The zero-order valence-corrected chi connectivity index (χ0v) is 23.4. The number of aliphatic hydroxyl groups excluding tert-OH is 1. The molecule has 2 aliphatic rings. The van der Waals surface area contributed by atoms with E-state index in [9.17, 15) is 5.11 Å². The molecule has 0 bridgehead atoms. The van der Waals surface area contributed by atoms with Crippen LogP contribution in [0.25, 0.3) is 22.3 Å². The highest BCUT2D eigenvalue weighted by Crippen LogP contribution is 2.34. The Hall–Kier alpha value is -2.55. The molecule has 8 nitrogen and oxygen atoms in total. The summed E-state index contributed by atoms with van der Waals surface area (Å²) in [7, 11) is 2.20. The quantitative estimate of drug-likeness (QED) is 0.361. The van der Waals surface area contributed by atoms with Crippen molar-refractivity contribution in [3.8, 4) is 11.3 Å². The minimum Gasteiger partial charge on any atom is -0.393 e. The van der Waals surface area contributed by atoms with Crippen molar-refractivity contribution < 1.29 is 5.11 Å². The molecule has 0 amide bonds. The summed E-state index contributed by atoms with van der Waals surface area (Å²) in [4.78, 5) is 14.6. The van der Waals surface area contributed by atoms with E-state index in [1.165, 1.54) is 24.8 Å². The highest BCUT2D eigenvalue weighted by Gasteiger charge is 2.26. The van der Waals surface area contributed by atoms with Crippen molar-refractivity contribution >= 4 is 17.0 Å². The van der Waals surface area contributed by atoms with E-state index in [1.54, 1.807) is 0 Å². The Morgan fingerprint density at radius 3 is 2.47 bits per heavy atom. The van der Waals surface area contributed by atoms with E-state index in [-0.39, 0.29) is 12.1 Å². The second-order valence-corrected chi connectivity index (χ2v) is 11.5. The first kappa shape index (κ1) is 27.0. The molecule has 3 heterocycles. The summed E-state index contributed by atoms with van der Waals surface area (Å²) in [5.74, 6) is 0.674. The normalized spacial score (nSPS) is 22.1. The number of unbranched alkanes of at least 4 members (excludes halogenated alkanes) is 2. The van der Waals surface area contributed by atoms with Gasteiger partial charge in [-0.05, 0) is 51.6 Å². The molecule has 1 aliphatic heterocycles. The molecule has 3 aromatic rings. The lowest BCUT2D eigenvalue weighted by atomic mass is 9.93. The lowest BCUT2D eigenvalue weighted by molar-refractivity contribution is 0.109. The Morgan fingerprint density at radius 1 is 1.03 bits per heavy atom. The summed E-state index contributed by atoms with van der Waals surface area (Å²) < 4.78 is 2.11. The lowest BCUT2D eigenvalue weighted by Crippen LogP contribution is -2.43. The fraction of sp³-hybridized carbons (Fsp3) is 0.633. The maximum Gasteiger partial charge on any atom is 0.224 e. The first-order valence-corrected chi connectivity index (χ1v) is 14.7. The highest BCUT2D eigenvalue weighted by molar-refractivity contribution is 5.91. The summed E-state index contributed by atoms with van der Waals surface area (Å²) in [6.07, 6.45) is 10.0. The van der Waals surface area contributed by atoms with Crippen LogP contribution in [-0.4, -0.2) is 80.0 Å². The Bertz CT molecular complexity index is 1160. The number of aliphatic hydroxyl groups is 1. The first-order chi connectivity index (χ1) is 18.5. The van der Waals surface area contributed by atoms with Crippen LogP contribution < -0.4 is 5.32 Å². The minimum atomic E-state index is -0.198. The maximum atomic E-state index is 10.1. The number of benzene rings is 1. The molecule has 8 heteroatoms. The van der Waals surface area contributed by atoms with Gasteiger partial charge < -0.3 is 15.3 Å². The SMILES string of the molecule is CCCCC[C@H](C)Nc1ncc2c(-c3ccc(CN4CCN(C)CC4)cc3)nn([C@H]3CC[C@H](O)CC3)c2n1. The molecular weight excluding hydrogens is 474 g/mol. The molecule has 1 aliphatic carbocycles. The van der Waals surface area contributed by atoms with Crippen molar-refractivity contribution in [3.05, 3.63) is 36.0 Å². The molecule has 0 spiro atoms. The molecule has 5 rings (SSSR count). The largest absolute Gasteiger partial charge is 0.393 e. The molecule has 206 valence electrons. The van der Waals surface area contributed by atoms with Crippen LogP contribution in [0.2, 0.25) is 0 Å². The van der Waals surface area contributed by atoms with Crippen molar-refractivity contribution in [2.45, 2.75) is 89.9 Å². The van der Waals surface area contributed by atoms with Crippen molar-refractivity contribution in [2.75, 3.05) is 38.5 Å². The predicted molar refractivity (Wildman–Crippen MR) is 154 cm³/mol. The van der Waals surface area contributed by atoms with Crippen molar-refractivity contribution in [2.24, 2.45) is 0 Å². The number of anilines is 1. The summed E-state index contributed by atoms with van der Waals surface area (Å²) in [5, 5.41) is 19.7. The second-order valence-electron chi connectivity index (χ2n) is 11.5. The van der Waals surface area contributed by atoms with E-state index < -0.39 is 0 Å². The average Bonchev–Trinajstić information content (AvgIpc) is 3.30. The number of likely N-dealkylation sites (N-methyl/N-ethyl adjacent to an activating group) is 1. The van der Waals surface area contributed by atoms with Gasteiger partial charge in [0.2, 0.25) is 5.95 Å². The number of aromatic nitrogens is 4. The van der Waals surface area contributed by atoms with Crippen LogP contribution in [0, 0.1) is 0 Å². The van der Waals surface area contributed by atoms with Gasteiger partial charge in [0.15, 0.2) is 5.65 Å². The first-order valence-electron chi connectivity index (χ1n) is 14.7. The summed E-state index contributed by atoms with van der Waals surface area (Å²) in [6.45, 7) is 9.93. The van der Waals surface area contributed by atoms with Crippen molar-refractivity contribution in [1.29, 1.82) is 0 Å². The van der Waals surface area contributed by atoms with Crippen LogP contribution in [0.3, 0.4) is 0 Å². The number of nitrogens with zero attached hydrogens (tertiary/aromatic N) is 6. The minimum absolute atomic E-state index is 0.198. The lowest BCUT2D eigenvalue weighted by Gasteiger charge is -2.32. The molecule has 1 atom stereocenters. The van der Waals surface area contributed by atoms with Crippen LogP contribution in [0.15, 0.2) is 30.5 Å². The molecule has 0 radical (unpaired) electrons. The zero-order chi connectivity index (χ0) is 26.5. The Morgan fingerprint density at radius 2 is 1.76 bits per heavy atom. The topological polar surface area (TPSA) is 82.3 Å². The second kappa shape index (κ2) is 12.5. The van der Waals surface area contributed by atoms with Gasteiger partial charge in [0.05, 0.1) is 17.5 Å². The van der Waals surface area contributed by atoms with E-state index in [4.69, 9.17) is 15.1 Å². The Balaban J connectivity index is 1.39. The molecule has 0 unspecified atom stereocenters. The molecule has 1 aromatic carbocycles. The smallest absolute Gasteiger partial charge is 0.224 e. The Kier molecular flexibility index (Phi) is 8.92. The maximum absolute atomic E-state index is 10.1. The van der Waals surface area contributed by atoms with Gasteiger partial charge in [-0.25, -0.2) is 9.67 Å². The van der Waals surface area contributed by atoms with Crippen LogP contribution in [-0.2, 0) is 6.54 Å². The van der Waals surface area contributed by atoms with Crippen LogP contribution in [0.5, 0.6) is 0 Å². The van der Waals surface area contributed by atoms with Gasteiger partial charge in [0.25, 0.3) is 0 Å². The van der Waals surface area contributed by atoms with Gasteiger partial charge in [-0.3, -0.25) is 4.90 Å². The van der Waals surface area contributed by atoms with Crippen LogP contribution in [0.1, 0.15) is 76.8 Å². The van der Waals surface area contributed by atoms with Gasteiger partial charge in [-0.15, -0.1) is 0 Å². The fourth-order valence-electron chi connectivity index (χ4n) is 5.79. The van der Waals surface area contributed by atoms with Gasteiger partial charge in [0.1, 0.15) is 5.69 Å². The monoisotopic (exact) mass is 519 g/mol. The molecular formula is C30H45N7O. The van der Waals surface area contributed by atoms with E-state index in [0.717, 1.165) is 87.1 Å². The summed E-state index contributed by atoms with van der Waals surface area (Å²) >= 11 is 0. The average molecular weight is 520 g/mol. The molecule has 2 fully saturated rings. The molecule has 2 N–H and O–H groups in total. The number of rotatable bonds is 10. The standard InChI is InChI=1S/C30H45N7O/c1-4-5-6-7-22(2)32-30-31-20-27-28(34-37(29(27)33-30)25-12-14-26(38)15-13-25)24-10-8-23(9-11-24)21-36-18-16-35(3)17-19-36/h8-11,20,22,25-26,38H,4-7,12-19,21H2,1-3H3,(H,31,32,33)/t22-,25-,26-/m0/s1. The summed E-state index contributed by atoms with van der Waals surface area (Å²) in [6, 6.07) is 9.45. The van der Waals surface area contributed by atoms with Gasteiger partial charge in [-0.1, -0.05) is 50.5 Å². The Labute approximate surface area is 227 Å². The predicted octanol–water partition coefficient (Wildman–Crippen LogP) is 5.10. The molecule has 2 aromatic heterocycles. The van der Waals surface area contributed by atoms with E-state index in [1.807, 2.05) is 6.20 Å². The number of hydrogen-bond acceptors (Lipinski definition) is 7. The van der Waals surface area contributed by atoms with E-state index in [0.29, 0.717) is 12.0 Å². The highest BCUT2D eigenvalue weighted by atomic mass is 16.3. The van der Waals surface area contributed by atoms with Crippen LogP contribution in [0.4, 0.5) is 5.95 Å². The van der Waals surface area contributed by atoms with E-state index >= 15 is 0 Å². The van der Waals surface area contributed by atoms with Crippen molar-refractivity contribution in [3.63, 3.8) is 0 Å². The number of piperazine rings is 1. The van der Waals surface area contributed by atoms with Crippen molar-refractivity contribution in [1.82, 2.24) is 29.5 Å². The van der Waals surface area contributed by atoms with Gasteiger partial charge >= 0.3 is 0 Å². The fourth-order valence-corrected chi connectivity index (χ4v) is 5.79.